The lowest BCUT2D eigenvalue weighted by molar-refractivity contribution is -0.120. The van der Waals surface area contributed by atoms with Crippen molar-refractivity contribution in [1.82, 2.24) is 10.6 Å². The summed E-state index contributed by atoms with van der Waals surface area (Å²) >= 11 is 0. The van der Waals surface area contributed by atoms with Gasteiger partial charge in [-0.2, -0.15) is 0 Å². The first-order valence-electron chi connectivity index (χ1n) is 5.99. The summed E-state index contributed by atoms with van der Waals surface area (Å²) in [6, 6.07) is 6.25. The summed E-state index contributed by atoms with van der Waals surface area (Å²) in [5.74, 6) is -0.280. The van der Waals surface area contributed by atoms with E-state index in [1.54, 1.807) is 25.2 Å². The number of hydrogen-bond donors (Lipinski definition) is 2. The molecular formula is C13H20ClFN2O2. The van der Waals surface area contributed by atoms with Crippen LogP contribution in [0.25, 0.3) is 0 Å². The number of benzene rings is 1. The lowest BCUT2D eigenvalue weighted by Gasteiger charge is -2.18. The molecule has 4 nitrogen and oxygen atoms in total. The third-order valence-electron chi connectivity index (χ3n) is 2.45. The van der Waals surface area contributed by atoms with Crippen molar-refractivity contribution in [2.24, 2.45) is 0 Å². The monoisotopic (exact) mass is 290 g/mol. The quantitative estimate of drug-likeness (QED) is 0.804. The summed E-state index contributed by atoms with van der Waals surface area (Å²) in [6.45, 7) is 2.55. The largest absolute Gasteiger partial charge is 0.486 e. The Labute approximate surface area is 119 Å². The van der Waals surface area contributed by atoms with Crippen molar-refractivity contribution >= 4 is 18.3 Å². The van der Waals surface area contributed by atoms with Crippen molar-refractivity contribution < 1.29 is 13.9 Å². The van der Waals surface area contributed by atoms with Crippen LogP contribution in [0, 0.1) is 5.82 Å². The molecule has 0 aromatic heterocycles. The molecular weight excluding hydrogens is 271 g/mol. The highest BCUT2D eigenvalue weighted by molar-refractivity contribution is 5.85. The second kappa shape index (κ2) is 9.58. The summed E-state index contributed by atoms with van der Waals surface area (Å²) in [6.07, 6.45) is 0.455. The van der Waals surface area contributed by atoms with Crippen molar-refractivity contribution in [3.63, 3.8) is 0 Å². The number of carbonyl (C=O) groups is 1. The third kappa shape index (κ3) is 6.40. The highest BCUT2D eigenvalue weighted by Crippen LogP contribution is 2.17. The standard InChI is InChI=1S/C13H19FN2O2.ClH/c1-3-10(8-16-13(17)9-15-2)18-12-7-5-4-6-11(12)14;/h4-7,10,15H,3,8-9H2,1-2H3,(H,16,17);1H. The molecule has 2 N–H and O–H groups in total. The number of carbonyl (C=O) groups excluding carboxylic acids is 1. The van der Waals surface area contributed by atoms with Gasteiger partial charge in [-0.25, -0.2) is 4.39 Å². The molecule has 108 valence electrons. The van der Waals surface area contributed by atoms with Gasteiger partial charge in [0.05, 0.1) is 13.1 Å². The normalized spacial score (nSPS) is 11.3. The Kier molecular flexibility index (Phi) is 8.91. The van der Waals surface area contributed by atoms with Crippen LogP contribution in [0.2, 0.25) is 0 Å². The van der Waals surface area contributed by atoms with Gasteiger partial charge in [0.25, 0.3) is 0 Å². The van der Waals surface area contributed by atoms with Crippen molar-refractivity contribution in [2.75, 3.05) is 20.1 Å². The Morgan fingerprint density at radius 1 is 1.42 bits per heavy atom. The molecule has 1 aromatic rings. The fourth-order valence-electron chi connectivity index (χ4n) is 1.44. The molecule has 1 atom stereocenters. The molecule has 0 heterocycles. The third-order valence-corrected chi connectivity index (χ3v) is 2.45. The Morgan fingerprint density at radius 2 is 2.11 bits per heavy atom. The number of likely N-dealkylation sites (N-methyl/N-ethyl adjacent to an activating group) is 1. The van der Waals surface area contributed by atoms with Crippen LogP contribution in [-0.4, -0.2) is 32.1 Å². The van der Waals surface area contributed by atoms with Gasteiger partial charge in [-0.3, -0.25) is 4.79 Å². The van der Waals surface area contributed by atoms with Crippen LogP contribution in [0.4, 0.5) is 4.39 Å². The molecule has 19 heavy (non-hydrogen) atoms. The van der Waals surface area contributed by atoms with Gasteiger partial charge in [0, 0.05) is 0 Å². The van der Waals surface area contributed by atoms with E-state index in [-0.39, 0.29) is 36.7 Å². The van der Waals surface area contributed by atoms with E-state index in [2.05, 4.69) is 10.6 Å². The van der Waals surface area contributed by atoms with Crippen LogP contribution in [0.15, 0.2) is 24.3 Å². The zero-order valence-electron chi connectivity index (χ0n) is 11.1. The van der Waals surface area contributed by atoms with E-state index >= 15 is 0 Å². The smallest absolute Gasteiger partial charge is 0.234 e. The van der Waals surface area contributed by atoms with Gasteiger partial charge in [0.15, 0.2) is 11.6 Å². The molecule has 0 radical (unpaired) electrons. The van der Waals surface area contributed by atoms with E-state index in [0.717, 1.165) is 0 Å². The first kappa shape index (κ1) is 17.7. The molecule has 0 aliphatic rings. The summed E-state index contributed by atoms with van der Waals surface area (Å²) < 4.78 is 18.9. The Bertz CT molecular complexity index is 391. The predicted molar refractivity (Wildman–Crippen MR) is 75.3 cm³/mol. The van der Waals surface area contributed by atoms with Crippen molar-refractivity contribution in [3.05, 3.63) is 30.1 Å². The van der Waals surface area contributed by atoms with Crippen LogP contribution >= 0.6 is 12.4 Å². The van der Waals surface area contributed by atoms with Crippen LogP contribution in [0.3, 0.4) is 0 Å². The van der Waals surface area contributed by atoms with E-state index < -0.39 is 5.82 Å². The minimum absolute atomic E-state index is 0. The van der Waals surface area contributed by atoms with Crippen LogP contribution < -0.4 is 15.4 Å². The summed E-state index contributed by atoms with van der Waals surface area (Å²) in [5.41, 5.74) is 0. The minimum Gasteiger partial charge on any atom is -0.486 e. The highest BCUT2D eigenvalue weighted by Gasteiger charge is 2.12. The van der Waals surface area contributed by atoms with Crippen molar-refractivity contribution in [2.45, 2.75) is 19.4 Å². The molecule has 0 fully saturated rings. The van der Waals surface area contributed by atoms with Gasteiger partial charge in [-0.05, 0) is 25.6 Å². The van der Waals surface area contributed by atoms with E-state index in [9.17, 15) is 9.18 Å². The molecule has 0 aliphatic carbocycles. The minimum atomic E-state index is -0.391. The fourth-order valence-corrected chi connectivity index (χ4v) is 1.44. The highest BCUT2D eigenvalue weighted by atomic mass is 35.5. The molecule has 0 aliphatic heterocycles. The number of hydrogen-bond acceptors (Lipinski definition) is 3. The van der Waals surface area contributed by atoms with E-state index in [4.69, 9.17) is 4.74 Å². The summed E-state index contributed by atoms with van der Waals surface area (Å²) in [4.78, 5) is 11.3. The molecule has 1 amide bonds. The molecule has 6 heteroatoms. The van der Waals surface area contributed by atoms with Gasteiger partial charge in [-0.15, -0.1) is 12.4 Å². The molecule has 1 aromatic carbocycles. The van der Waals surface area contributed by atoms with Gasteiger partial charge in [0.2, 0.25) is 5.91 Å². The lowest BCUT2D eigenvalue weighted by atomic mass is 10.2. The maximum Gasteiger partial charge on any atom is 0.234 e. The van der Waals surface area contributed by atoms with E-state index in [1.807, 2.05) is 6.92 Å². The van der Waals surface area contributed by atoms with Gasteiger partial charge in [-0.1, -0.05) is 19.1 Å². The summed E-state index contributed by atoms with van der Waals surface area (Å²) in [7, 11) is 1.70. The second-order valence-electron chi connectivity index (χ2n) is 3.91. The van der Waals surface area contributed by atoms with E-state index in [1.165, 1.54) is 6.07 Å². The van der Waals surface area contributed by atoms with Crippen molar-refractivity contribution in [3.8, 4) is 5.75 Å². The average Bonchev–Trinajstić information content (AvgIpc) is 2.37. The van der Waals surface area contributed by atoms with Crippen molar-refractivity contribution in [1.29, 1.82) is 0 Å². The Hall–Kier alpha value is -1.33. The number of amides is 1. The Balaban J connectivity index is 0.00000324. The SMILES string of the molecule is CCC(CNC(=O)CNC)Oc1ccccc1F.Cl. The average molecular weight is 291 g/mol. The topological polar surface area (TPSA) is 50.4 Å². The Morgan fingerprint density at radius 3 is 2.68 bits per heavy atom. The molecule has 0 spiro atoms. The molecule has 1 unspecified atom stereocenters. The number of ether oxygens (including phenoxy) is 1. The fraction of sp³-hybridized carbons (Fsp3) is 0.462. The van der Waals surface area contributed by atoms with Crippen LogP contribution in [0.5, 0.6) is 5.75 Å². The number of nitrogens with one attached hydrogen (secondary N) is 2. The van der Waals surface area contributed by atoms with E-state index in [0.29, 0.717) is 13.0 Å². The number of halogens is 2. The maximum absolute atomic E-state index is 13.4. The lowest BCUT2D eigenvalue weighted by Crippen LogP contribution is -2.39. The van der Waals surface area contributed by atoms with Crippen LogP contribution in [-0.2, 0) is 4.79 Å². The number of rotatable bonds is 7. The molecule has 0 bridgehead atoms. The zero-order valence-corrected chi connectivity index (χ0v) is 11.9. The molecule has 1 rings (SSSR count). The summed E-state index contributed by atoms with van der Waals surface area (Å²) in [5, 5.41) is 5.48. The molecule has 0 saturated heterocycles. The zero-order chi connectivity index (χ0) is 13.4. The number of para-hydroxylation sites is 1. The van der Waals surface area contributed by atoms with Gasteiger partial charge < -0.3 is 15.4 Å². The first-order valence-corrected chi connectivity index (χ1v) is 5.99. The van der Waals surface area contributed by atoms with Gasteiger partial charge >= 0.3 is 0 Å². The molecule has 0 saturated carbocycles. The second-order valence-corrected chi connectivity index (χ2v) is 3.91. The van der Waals surface area contributed by atoms with Gasteiger partial charge in [0.1, 0.15) is 6.10 Å². The predicted octanol–water partition coefficient (Wildman–Crippen LogP) is 1.74. The first-order chi connectivity index (χ1) is 8.67. The van der Waals surface area contributed by atoms with Crippen LogP contribution in [0.1, 0.15) is 13.3 Å². The maximum atomic E-state index is 13.4.